The summed E-state index contributed by atoms with van der Waals surface area (Å²) < 4.78 is 53.1. The van der Waals surface area contributed by atoms with E-state index in [1.54, 1.807) is 39.3 Å². The van der Waals surface area contributed by atoms with E-state index in [9.17, 15) is 22.4 Å². The fraction of sp³-hybridized carbons (Fsp3) is 0.469. The molecule has 4 heterocycles. The van der Waals surface area contributed by atoms with E-state index in [0.717, 1.165) is 64.1 Å². The third kappa shape index (κ3) is 7.67. The Morgan fingerprint density at radius 3 is 1.96 bits per heavy atom. The highest BCUT2D eigenvalue weighted by atomic mass is 32.1. The highest BCUT2D eigenvalue weighted by Crippen LogP contribution is 2.43. The second-order valence-corrected chi connectivity index (χ2v) is 14.6. The average Bonchev–Trinajstić information content (AvgIpc) is 3.69. The van der Waals surface area contributed by atoms with Gasteiger partial charge < -0.3 is 20.4 Å². The Hall–Kier alpha value is -3.85. The Morgan fingerprint density at radius 2 is 1.34 bits per heavy atom. The minimum Gasteiger partial charge on any atom is -0.360 e. The Labute approximate surface area is 277 Å². The number of amides is 1. The van der Waals surface area contributed by atoms with Gasteiger partial charge in [-0.2, -0.15) is 0 Å². The molecule has 4 aromatic rings. The van der Waals surface area contributed by atoms with E-state index < -0.39 is 11.8 Å². The second kappa shape index (κ2) is 13.0. The van der Waals surface area contributed by atoms with Crippen molar-refractivity contribution in [2.45, 2.75) is 62.2 Å². The molecule has 3 aliphatic rings. The zero-order valence-electron chi connectivity index (χ0n) is 25.5. The molecule has 2 aromatic carbocycles. The smallest absolute Gasteiger partial charge is 0.282 e. The summed E-state index contributed by atoms with van der Waals surface area (Å²) in [4.78, 5) is 16.0. The van der Waals surface area contributed by atoms with Gasteiger partial charge in [0.15, 0.2) is 0 Å². The van der Waals surface area contributed by atoms with Crippen molar-refractivity contribution in [3.8, 4) is 0 Å². The van der Waals surface area contributed by atoms with Gasteiger partial charge in [-0.05, 0) is 61.1 Å². The monoisotopic (exact) mass is 686 g/mol. The fourth-order valence-corrected chi connectivity index (χ4v) is 8.21. The lowest BCUT2D eigenvalue weighted by Crippen LogP contribution is -2.56. The maximum absolute atomic E-state index is 13.3. The first kappa shape index (κ1) is 31.7. The predicted octanol–water partition coefficient (Wildman–Crippen LogP) is 6.58. The zero-order valence-corrected chi connectivity index (χ0v) is 27.1. The molecule has 2 saturated heterocycles. The molecule has 2 aliphatic heterocycles. The van der Waals surface area contributed by atoms with Crippen LogP contribution in [0, 0.1) is 0 Å². The number of carbonyl (C=O) groups is 1. The van der Waals surface area contributed by atoms with Crippen LogP contribution in [0.3, 0.4) is 0 Å². The lowest BCUT2D eigenvalue weighted by Gasteiger charge is -2.40. The Bertz CT molecular complexity index is 1720. The van der Waals surface area contributed by atoms with E-state index in [1.807, 2.05) is 30.3 Å². The van der Waals surface area contributed by atoms with Crippen LogP contribution >= 0.6 is 22.7 Å². The molecule has 15 heteroatoms. The van der Waals surface area contributed by atoms with Crippen LogP contribution in [0.4, 0.5) is 39.2 Å². The molecule has 47 heavy (non-hydrogen) atoms. The fourth-order valence-electron chi connectivity index (χ4n) is 6.38. The number of nitrogens with zero attached hydrogens (tertiary/aromatic N) is 6. The molecule has 9 nitrogen and oxygen atoms in total. The first-order valence-electron chi connectivity index (χ1n) is 15.7. The molecule has 2 aromatic heterocycles. The molecule has 1 saturated carbocycles. The highest BCUT2D eigenvalue weighted by molar-refractivity contribution is 7.15. The van der Waals surface area contributed by atoms with Crippen molar-refractivity contribution in [2.24, 2.45) is 0 Å². The maximum atomic E-state index is 13.3. The molecular weight excluding hydrogens is 653 g/mol. The molecule has 2 unspecified atom stereocenters. The molecule has 7 rings (SSSR count). The number of alkyl halides is 4. The van der Waals surface area contributed by atoms with Crippen molar-refractivity contribution < 1.29 is 22.4 Å². The number of carbonyl (C=O) groups excluding carboxylic acids is 1. The van der Waals surface area contributed by atoms with E-state index in [2.05, 4.69) is 31.0 Å². The first-order valence-corrected chi connectivity index (χ1v) is 17.3. The third-order valence-corrected chi connectivity index (χ3v) is 10.8. The van der Waals surface area contributed by atoms with Gasteiger partial charge in [0.2, 0.25) is 16.2 Å². The molecule has 1 amide bonds. The van der Waals surface area contributed by atoms with Crippen LogP contribution in [-0.4, -0.2) is 70.9 Å². The van der Waals surface area contributed by atoms with E-state index in [-0.39, 0.29) is 50.3 Å². The topological polar surface area (TPSA) is 99.2 Å². The largest absolute Gasteiger partial charge is 0.360 e. The molecular formula is C32H34F4N8OS2. The summed E-state index contributed by atoms with van der Waals surface area (Å²) in [6.07, 6.45) is 4.75. The van der Waals surface area contributed by atoms with Crippen molar-refractivity contribution in [1.82, 2.24) is 20.4 Å². The maximum Gasteiger partial charge on any atom is 0.282 e. The number of rotatable bonds is 11. The summed E-state index contributed by atoms with van der Waals surface area (Å²) >= 11 is 2.95. The minimum absolute atomic E-state index is 0.110. The molecule has 0 bridgehead atoms. The van der Waals surface area contributed by atoms with Crippen LogP contribution in [-0.2, 0) is 17.6 Å². The number of benzene rings is 2. The third-order valence-electron chi connectivity index (χ3n) is 8.80. The molecule has 0 spiro atoms. The van der Waals surface area contributed by atoms with Gasteiger partial charge in [-0.15, -0.1) is 20.4 Å². The zero-order chi connectivity index (χ0) is 32.6. The van der Waals surface area contributed by atoms with Gasteiger partial charge in [0.25, 0.3) is 11.8 Å². The van der Waals surface area contributed by atoms with Gasteiger partial charge >= 0.3 is 0 Å². The van der Waals surface area contributed by atoms with E-state index in [4.69, 9.17) is 0 Å². The number of hydrogen-bond donors (Lipinski definition) is 2. The molecule has 248 valence electrons. The summed E-state index contributed by atoms with van der Waals surface area (Å²) in [6.45, 7) is -0.415. The van der Waals surface area contributed by atoms with Crippen molar-refractivity contribution in [1.29, 1.82) is 0 Å². The summed E-state index contributed by atoms with van der Waals surface area (Å²) in [5.74, 6) is -5.02. The molecule has 3 fully saturated rings. The van der Waals surface area contributed by atoms with Crippen molar-refractivity contribution in [2.75, 3.05) is 53.2 Å². The van der Waals surface area contributed by atoms with Gasteiger partial charge in [0, 0.05) is 29.8 Å². The van der Waals surface area contributed by atoms with Crippen LogP contribution in [0.25, 0.3) is 0 Å². The van der Waals surface area contributed by atoms with Crippen LogP contribution < -0.4 is 20.4 Å². The summed E-state index contributed by atoms with van der Waals surface area (Å²) in [5, 5.41) is 26.7. The van der Waals surface area contributed by atoms with Crippen LogP contribution in [0.2, 0.25) is 0 Å². The van der Waals surface area contributed by atoms with E-state index >= 15 is 0 Å². The number of hydrogen-bond acceptors (Lipinski definition) is 10. The van der Waals surface area contributed by atoms with Gasteiger partial charge in [-0.3, -0.25) is 4.79 Å². The normalized spacial score (nSPS) is 21.5. The predicted molar refractivity (Wildman–Crippen MR) is 175 cm³/mol. The highest BCUT2D eigenvalue weighted by Gasteiger charge is 2.44. The first-order chi connectivity index (χ1) is 22.6. The standard InChI is InChI=1S/C32H34F4N8OS2/c33-31(34)16-43(17-31)24-8-1-4-20(12-24)10-11-37-29-41-39-27(46-29)22-6-3-7-23(15-22)28-40-42-30(47-28)38-26(45)14-21-5-2-9-25(13-21)44-18-32(35,36)19-44/h1-2,4-5,8-9,12-13,22-23H,3,6-7,10-11,14-19H2,(H,37,41)(H,38,42,45). The second-order valence-electron chi connectivity index (χ2n) is 12.6. The lowest BCUT2D eigenvalue weighted by molar-refractivity contribution is -0.115. The molecule has 2 N–H and O–H groups in total. The number of halogens is 4. The van der Waals surface area contributed by atoms with Crippen molar-refractivity contribution in [3.63, 3.8) is 0 Å². The molecule has 2 atom stereocenters. The van der Waals surface area contributed by atoms with Gasteiger partial charge in [-0.1, -0.05) is 53.4 Å². The van der Waals surface area contributed by atoms with Crippen molar-refractivity contribution >= 4 is 50.2 Å². The van der Waals surface area contributed by atoms with Crippen LogP contribution in [0.15, 0.2) is 48.5 Å². The molecule has 0 radical (unpaired) electrons. The minimum atomic E-state index is -2.66. The Morgan fingerprint density at radius 1 is 0.787 bits per heavy atom. The number of nitrogens with one attached hydrogen (secondary N) is 2. The SMILES string of the molecule is O=C(Cc1cccc(N2CC(F)(F)C2)c1)Nc1nnc(C2CCCC(c3nnc(NCCc4cccc(N5CC(F)(F)C5)c4)s3)C2)s1. The number of aromatic nitrogens is 4. The summed E-state index contributed by atoms with van der Waals surface area (Å²) in [7, 11) is 0. The number of anilines is 4. The van der Waals surface area contributed by atoms with Crippen molar-refractivity contribution in [3.05, 3.63) is 69.7 Å². The molecule has 1 aliphatic carbocycles. The Balaban J connectivity index is 0.882. The van der Waals surface area contributed by atoms with Crippen LogP contribution in [0.5, 0.6) is 0 Å². The van der Waals surface area contributed by atoms with Gasteiger partial charge in [-0.25, -0.2) is 17.6 Å². The lowest BCUT2D eigenvalue weighted by atomic mass is 9.82. The van der Waals surface area contributed by atoms with Crippen LogP contribution in [0.1, 0.15) is 58.7 Å². The van der Waals surface area contributed by atoms with Gasteiger partial charge in [0.1, 0.15) is 10.0 Å². The Kier molecular flexibility index (Phi) is 8.76. The van der Waals surface area contributed by atoms with Gasteiger partial charge in [0.05, 0.1) is 32.6 Å². The van der Waals surface area contributed by atoms with E-state index in [1.165, 1.54) is 11.3 Å². The van der Waals surface area contributed by atoms with E-state index in [0.29, 0.717) is 17.4 Å². The quantitative estimate of drug-likeness (QED) is 0.171. The average molecular weight is 687 g/mol. The summed E-state index contributed by atoms with van der Waals surface area (Å²) in [6, 6.07) is 14.9. The summed E-state index contributed by atoms with van der Waals surface area (Å²) in [5.41, 5.74) is 3.33.